The van der Waals surface area contributed by atoms with E-state index in [2.05, 4.69) is 45.0 Å². The van der Waals surface area contributed by atoms with E-state index in [4.69, 9.17) is 44.2 Å². The first-order valence-electron chi connectivity index (χ1n) is 20.1. The summed E-state index contributed by atoms with van der Waals surface area (Å²) in [6.45, 7) is 17.1. The van der Waals surface area contributed by atoms with Crippen LogP contribution in [0.2, 0.25) is 0 Å². The van der Waals surface area contributed by atoms with Crippen LogP contribution in [0.1, 0.15) is 92.2 Å². The molecule has 5 rings (SSSR count). The minimum Gasteiger partial charge on any atom is -0.491 e. The third-order valence-corrected chi connectivity index (χ3v) is 9.61. The van der Waals surface area contributed by atoms with Crippen molar-refractivity contribution in [3.8, 4) is 5.75 Å². The number of primary amides is 1. The number of carbonyl (C=O) groups excluding carboxylic acids is 3. The number of methoxy groups -OCH3 is 1. The van der Waals surface area contributed by atoms with Crippen molar-refractivity contribution < 1.29 is 47.8 Å². The SMILES string of the molecule is C=NC(=N/C=C\c1cc2c(cn1)nc(COCCOCCOCCOc1ccc3c(c1)C(=O)N(C(CCOOC(C)(C)C)C(N)=O)C3=O)n2C(C)C)N1CCC(OC)CC1. The number of ether oxygens (including phenoxy) is 5. The van der Waals surface area contributed by atoms with E-state index in [1.54, 1.807) is 46.3 Å². The normalized spacial score (nSPS) is 15.8. The molecule has 18 heteroatoms. The Hall–Kier alpha value is -5.11. The predicted octanol–water partition coefficient (Wildman–Crippen LogP) is 4.37. The number of amides is 3. The standard InChI is InChI=1S/C42H58N8O10/c1-28(2)49-36-24-29(10-14-45-41(44-6)48-15-11-30(54-7)12-16-48)46-26-34(36)47-37(49)27-57-21-20-55-18-19-56-22-23-58-31-8-9-32-33(25-31)40(53)50(39(32)52)35(38(43)51)13-17-59-60-42(3,4)5/h8-10,14,24-26,28,30,35H,6,11-13,15-23,27H2,1-5,7H3,(H2,43,51)/b14-10-,45-41?. The topological polar surface area (TPSA) is 204 Å². The fourth-order valence-electron chi connectivity index (χ4n) is 6.74. The molecule has 0 aliphatic carbocycles. The Morgan fingerprint density at radius 2 is 1.67 bits per heavy atom. The summed E-state index contributed by atoms with van der Waals surface area (Å²) in [5, 5.41) is 0. The summed E-state index contributed by atoms with van der Waals surface area (Å²) in [5.41, 5.74) is 7.75. The van der Waals surface area contributed by atoms with Crippen molar-refractivity contribution in [1.29, 1.82) is 0 Å². The summed E-state index contributed by atoms with van der Waals surface area (Å²) in [7, 11) is 1.74. The second-order valence-electron chi connectivity index (χ2n) is 15.5. The van der Waals surface area contributed by atoms with E-state index in [0.717, 1.165) is 53.4 Å². The summed E-state index contributed by atoms with van der Waals surface area (Å²) in [6, 6.07) is 5.48. The summed E-state index contributed by atoms with van der Waals surface area (Å²) in [5.74, 6) is -0.319. The number of imidazole rings is 1. The number of fused-ring (bicyclic) bond motifs is 2. The van der Waals surface area contributed by atoms with Gasteiger partial charge in [0.15, 0.2) is 0 Å². The van der Waals surface area contributed by atoms with Gasteiger partial charge in [-0.3, -0.25) is 24.3 Å². The Kier molecular flexibility index (Phi) is 16.8. The van der Waals surface area contributed by atoms with Gasteiger partial charge in [0.05, 0.1) is 79.9 Å². The van der Waals surface area contributed by atoms with Crippen LogP contribution in [0.25, 0.3) is 17.1 Å². The molecule has 326 valence electrons. The van der Waals surface area contributed by atoms with E-state index >= 15 is 0 Å². The van der Waals surface area contributed by atoms with Gasteiger partial charge in [0.25, 0.3) is 11.8 Å². The molecule has 18 nitrogen and oxygen atoms in total. The number of aliphatic imine (C=N–C) groups is 2. The first-order chi connectivity index (χ1) is 28.8. The lowest BCUT2D eigenvalue weighted by molar-refractivity contribution is -0.349. The Balaban J connectivity index is 0.993. The van der Waals surface area contributed by atoms with E-state index in [0.29, 0.717) is 44.7 Å². The van der Waals surface area contributed by atoms with Crippen LogP contribution in [0.5, 0.6) is 5.75 Å². The van der Waals surface area contributed by atoms with E-state index in [9.17, 15) is 14.4 Å². The number of rotatable bonds is 22. The van der Waals surface area contributed by atoms with Gasteiger partial charge in [0.2, 0.25) is 11.9 Å². The first kappa shape index (κ1) is 46.0. The zero-order valence-electron chi connectivity index (χ0n) is 35.5. The molecule has 1 fully saturated rings. The lowest BCUT2D eigenvalue weighted by atomic mass is 10.1. The highest BCUT2D eigenvalue weighted by Gasteiger charge is 2.42. The van der Waals surface area contributed by atoms with Crippen molar-refractivity contribution in [3.63, 3.8) is 0 Å². The van der Waals surface area contributed by atoms with Crippen LogP contribution in [-0.4, -0.2) is 139 Å². The van der Waals surface area contributed by atoms with E-state index in [1.807, 2.05) is 12.1 Å². The second-order valence-corrected chi connectivity index (χ2v) is 15.5. The summed E-state index contributed by atoms with van der Waals surface area (Å²) in [6.07, 6.45) is 7.40. The van der Waals surface area contributed by atoms with Gasteiger partial charge in [0.1, 0.15) is 36.3 Å². The molecule has 4 heterocycles. The van der Waals surface area contributed by atoms with Gasteiger partial charge in [-0.1, -0.05) is 0 Å². The van der Waals surface area contributed by atoms with E-state index in [1.165, 1.54) is 12.1 Å². The molecular weight excluding hydrogens is 777 g/mol. The molecule has 1 aromatic carbocycles. The number of piperidine rings is 1. The zero-order valence-corrected chi connectivity index (χ0v) is 35.5. The zero-order chi connectivity index (χ0) is 43.2. The summed E-state index contributed by atoms with van der Waals surface area (Å²) < 4.78 is 30.6. The number of nitrogens with two attached hydrogens (primary N) is 1. The molecule has 1 unspecified atom stereocenters. The highest BCUT2D eigenvalue weighted by molar-refractivity contribution is 6.23. The lowest BCUT2D eigenvalue weighted by Crippen LogP contribution is -2.48. The lowest BCUT2D eigenvalue weighted by Gasteiger charge is -2.31. The van der Waals surface area contributed by atoms with Gasteiger partial charge >= 0.3 is 0 Å². The van der Waals surface area contributed by atoms with Gasteiger partial charge in [0, 0.05) is 38.9 Å². The molecule has 0 spiro atoms. The predicted molar refractivity (Wildman–Crippen MR) is 224 cm³/mol. The van der Waals surface area contributed by atoms with Crippen molar-refractivity contribution in [3.05, 3.63) is 59.3 Å². The van der Waals surface area contributed by atoms with Crippen molar-refractivity contribution in [1.82, 2.24) is 24.3 Å². The van der Waals surface area contributed by atoms with E-state index < -0.39 is 29.4 Å². The number of hydrogen-bond donors (Lipinski definition) is 1. The summed E-state index contributed by atoms with van der Waals surface area (Å²) >= 11 is 0. The average molecular weight is 835 g/mol. The number of guanidine groups is 1. The third kappa shape index (κ3) is 12.5. The number of carbonyl (C=O) groups is 3. The van der Waals surface area contributed by atoms with Crippen LogP contribution in [0.15, 0.2) is 46.6 Å². The molecule has 0 radical (unpaired) electrons. The number of likely N-dealkylation sites (tertiary alicyclic amines) is 1. The fourth-order valence-corrected chi connectivity index (χ4v) is 6.74. The van der Waals surface area contributed by atoms with Crippen LogP contribution in [0.4, 0.5) is 0 Å². The van der Waals surface area contributed by atoms with Crippen molar-refractivity contribution >= 4 is 47.5 Å². The molecule has 1 saturated heterocycles. The molecule has 3 amide bonds. The quantitative estimate of drug-likeness (QED) is 0.0374. The number of imide groups is 1. The van der Waals surface area contributed by atoms with Gasteiger partial charge < -0.3 is 38.9 Å². The van der Waals surface area contributed by atoms with Crippen LogP contribution >= 0.6 is 0 Å². The molecule has 3 aromatic rings. The molecule has 0 bridgehead atoms. The Labute approximate surface area is 350 Å². The maximum Gasteiger partial charge on any atom is 0.262 e. The van der Waals surface area contributed by atoms with Crippen molar-refractivity contribution in [2.45, 2.75) is 84.3 Å². The molecule has 2 N–H and O–H groups in total. The molecule has 2 aromatic heterocycles. The van der Waals surface area contributed by atoms with Gasteiger partial charge in [-0.15, -0.1) is 0 Å². The fraction of sp³-hybridized carbons (Fsp3) is 0.548. The Morgan fingerprint density at radius 3 is 2.32 bits per heavy atom. The number of nitrogens with zero attached hydrogens (tertiary/aromatic N) is 7. The molecule has 60 heavy (non-hydrogen) atoms. The van der Waals surface area contributed by atoms with Crippen LogP contribution < -0.4 is 10.5 Å². The minimum atomic E-state index is -1.20. The maximum absolute atomic E-state index is 13.2. The molecule has 0 saturated carbocycles. The number of benzene rings is 1. The third-order valence-electron chi connectivity index (χ3n) is 9.61. The largest absolute Gasteiger partial charge is 0.491 e. The number of pyridine rings is 1. The van der Waals surface area contributed by atoms with Crippen LogP contribution in [0.3, 0.4) is 0 Å². The van der Waals surface area contributed by atoms with Crippen LogP contribution in [0, 0.1) is 0 Å². The van der Waals surface area contributed by atoms with Crippen molar-refractivity contribution in [2.24, 2.45) is 15.7 Å². The molecule has 2 aliphatic heterocycles. The van der Waals surface area contributed by atoms with E-state index in [-0.39, 0.29) is 49.5 Å². The second kappa shape index (κ2) is 21.9. The monoisotopic (exact) mass is 834 g/mol. The summed E-state index contributed by atoms with van der Waals surface area (Å²) in [4.78, 5) is 69.8. The van der Waals surface area contributed by atoms with Gasteiger partial charge in [-0.05, 0) is 84.5 Å². The number of aromatic nitrogens is 3. The molecule has 1 atom stereocenters. The highest BCUT2D eigenvalue weighted by Crippen LogP contribution is 2.29. The van der Waals surface area contributed by atoms with Gasteiger partial charge in [-0.25, -0.2) is 24.7 Å². The Bertz CT molecular complexity index is 2000. The average Bonchev–Trinajstić information content (AvgIpc) is 3.70. The molecule has 2 aliphatic rings. The van der Waals surface area contributed by atoms with Gasteiger partial charge in [-0.2, -0.15) is 0 Å². The van der Waals surface area contributed by atoms with Crippen molar-refractivity contribution in [2.75, 3.05) is 66.4 Å². The first-order valence-corrected chi connectivity index (χ1v) is 20.1. The Morgan fingerprint density at radius 1 is 0.983 bits per heavy atom. The smallest absolute Gasteiger partial charge is 0.262 e. The highest BCUT2D eigenvalue weighted by atomic mass is 17.2. The maximum atomic E-state index is 13.2. The van der Waals surface area contributed by atoms with Crippen LogP contribution in [-0.2, 0) is 40.1 Å². The minimum absolute atomic E-state index is 0.0156. The molecular formula is C42H58N8O10. The number of hydrogen-bond acceptors (Lipinski definition) is 13.